The summed E-state index contributed by atoms with van der Waals surface area (Å²) in [5, 5.41) is 6.24. The average molecular weight is 383 g/mol. The van der Waals surface area contributed by atoms with Crippen LogP contribution in [0.5, 0.6) is 0 Å². The maximum atomic E-state index is 12.4. The number of hydrogen-bond donors (Lipinski definition) is 2. The minimum absolute atomic E-state index is 0.0541. The lowest BCUT2D eigenvalue weighted by atomic mass is 9.45. The summed E-state index contributed by atoms with van der Waals surface area (Å²) >= 11 is 0. The first-order valence-corrected chi connectivity index (χ1v) is 11.4. The lowest BCUT2D eigenvalue weighted by molar-refractivity contribution is -0.106. The summed E-state index contributed by atoms with van der Waals surface area (Å²) in [4.78, 5) is 12.4. The molecule has 0 bridgehead atoms. The molecule has 3 nitrogen and oxygen atoms in total. The van der Waals surface area contributed by atoms with Crippen LogP contribution in [0.4, 0.5) is 10.5 Å². The average Bonchev–Trinajstić information content (AvgIpc) is 2.66. The van der Waals surface area contributed by atoms with Gasteiger partial charge in [-0.3, -0.25) is 0 Å². The SMILES string of the molecule is CC1C2CCC3CC(NC(=O)Nc4ccccc4)CCC3(C)C2CCC1(C)C. The van der Waals surface area contributed by atoms with Gasteiger partial charge in [-0.05, 0) is 91.6 Å². The van der Waals surface area contributed by atoms with Crippen molar-refractivity contribution in [1.29, 1.82) is 0 Å². The van der Waals surface area contributed by atoms with Crippen LogP contribution in [-0.4, -0.2) is 12.1 Å². The third kappa shape index (κ3) is 3.57. The summed E-state index contributed by atoms with van der Waals surface area (Å²) in [6, 6.07) is 10.0. The summed E-state index contributed by atoms with van der Waals surface area (Å²) in [6.07, 6.45) is 9.05. The molecule has 0 aromatic heterocycles. The summed E-state index contributed by atoms with van der Waals surface area (Å²) in [6.45, 7) is 10.1. The molecular formula is C25H38N2O. The van der Waals surface area contributed by atoms with E-state index in [1.807, 2.05) is 30.3 Å². The number of carbonyl (C=O) groups excluding carboxylic acids is 1. The van der Waals surface area contributed by atoms with Crippen molar-refractivity contribution in [2.75, 3.05) is 5.32 Å². The highest BCUT2D eigenvalue weighted by Gasteiger charge is 2.55. The molecule has 3 saturated carbocycles. The van der Waals surface area contributed by atoms with E-state index in [2.05, 4.69) is 38.3 Å². The molecule has 4 rings (SSSR count). The third-order valence-corrected chi connectivity index (χ3v) is 9.09. The molecule has 0 saturated heterocycles. The van der Waals surface area contributed by atoms with Crippen LogP contribution in [0.2, 0.25) is 0 Å². The van der Waals surface area contributed by atoms with E-state index < -0.39 is 0 Å². The molecule has 3 heteroatoms. The molecule has 0 aliphatic heterocycles. The molecule has 3 aliphatic carbocycles. The van der Waals surface area contributed by atoms with E-state index in [9.17, 15) is 4.79 Å². The van der Waals surface area contributed by atoms with E-state index in [-0.39, 0.29) is 6.03 Å². The predicted molar refractivity (Wildman–Crippen MR) is 116 cm³/mol. The third-order valence-electron chi connectivity index (χ3n) is 9.09. The number of benzene rings is 1. The molecule has 0 heterocycles. The van der Waals surface area contributed by atoms with Gasteiger partial charge in [-0.2, -0.15) is 0 Å². The van der Waals surface area contributed by atoms with Crippen molar-refractivity contribution in [2.24, 2.45) is 34.5 Å². The van der Waals surface area contributed by atoms with Crippen molar-refractivity contribution < 1.29 is 4.79 Å². The Bertz CT molecular complexity index is 700. The smallest absolute Gasteiger partial charge is 0.319 e. The van der Waals surface area contributed by atoms with Crippen molar-refractivity contribution in [3.05, 3.63) is 30.3 Å². The molecule has 2 amide bonds. The van der Waals surface area contributed by atoms with E-state index in [0.29, 0.717) is 16.9 Å². The first kappa shape index (κ1) is 19.8. The van der Waals surface area contributed by atoms with Gasteiger partial charge in [0.25, 0.3) is 0 Å². The standard InChI is InChI=1S/C25H38N2O/c1-17-21-11-10-18-16-20(27-23(28)26-19-8-6-5-7-9-19)12-15-25(18,4)22(21)13-14-24(17,2)3/h5-9,17-18,20-22H,10-16H2,1-4H3,(H2,26,27,28). The minimum atomic E-state index is -0.0541. The largest absolute Gasteiger partial charge is 0.335 e. The first-order chi connectivity index (χ1) is 13.3. The van der Waals surface area contributed by atoms with E-state index in [4.69, 9.17) is 0 Å². The van der Waals surface area contributed by atoms with Gasteiger partial charge in [0.1, 0.15) is 0 Å². The molecule has 6 unspecified atom stereocenters. The van der Waals surface area contributed by atoms with Gasteiger partial charge in [-0.25, -0.2) is 4.79 Å². The van der Waals surface area contributed by atoms with Crippen molar-refractivity contribution >= 4 is 11.7 Å². The molecule has 28 heavy (non-hydrogen) atoms. The molecule has 1 aromatic rings. The Hall–Kier alpha value is -1.51. The summed E-state index contributed by atoms with van der Waals surface area (Å²) in [7, 11) is 0. The molecule has 3 aliphatic rings. The van der Waals surface area contributed by atoms with E-state index >= 15 is 0 Å². The monoisotopic (exact) mass is 382 g/mol. The van der Waals surface area contributed by atoms with Crippen LogP contribution in [0, 0.1) is 34.5 Å². The second-order valence-electron chi connectivity index (χ2n) is 10.8. The lowest BCUT2D eigenvalue weighted by Gasteiger charge is -2.60. The van der Waals surface area contributed by atoms with Crippen LogP contribution < -0.4 is 10.6 Å². The highest BCUT2D eigenvalue weighted by atomic mass is 16.2. The van der Waals surface area contributed by atoms with Crippen LogP contribution >= 0.6 is 0 Å². The topological polar surface area (TPSA) is 41.1 Å². The molecule has 154 valence electrons. The van der Waals surface area contributed by atoms with Gasteiger partial charge in [0.15, 0.2) is 0 Å². The second-order valence-corrected chi connectivity index (χ2v) is 10.8. The maximum absolute atomic E-state index is 12.4. The summed E-state index contributed by atoms with van der Waals surface area (Å²) < 4.78 is 0. The molecule has 2 N–H and O–H groups in total. The summed E-state index contributed by atoms with van der Waals surface area (Å²) in [5.74, 6) is 3.37. The van der Waals surface area contributed by atoms with Crippen molar-refractivity contribution in [2.45, 2.75) is 78.7 Å². The Morgan fingerprint density at radius 1 is 1.00 bits per heavy atom. The predicted octanol–water partition coefficient (Wildman–Crippen LogP) is 6.47. The molecule has 0 radical (unpaired) electrons. The van der Waals surface area contributed by atoms with Crippen LogP contribution in [-0.2, 0) is 0 Å². The number of urea groups is 1. The number of fused-ring (bicyclic) bond motifs is 3. The quantitative estimate of drug-likeness (QED) is 0.605. The number of rotatable bonds is 2. The number of anilines is 1. The van der Waals surface area contributed by atoms with E-state index in [1.165, 1.54) is 32.1 Å². The fraction of sp³-hybridized carbons (Fsp3) is 0.720. The molecular weight excluding hydrogens is 344 g/mol. The number of hydrogen-bond acceptors (Lipinski definition) is 1. The van der Waals surface area contributed by atoms with Gasteiger partial charge in [0, 0.05) is 11.7 Å². The van der Waals surface area contributed by atoms with Crippen molar-refractivity contribution in [3.8, 4) is 0 Å². The van der Waals surface area contributed by atoms with E-state index in [0.717, 1.165) is 42.2 Å². The van der Waals surface area contributed by atoms with Crippen LogP contribution in [0.1, 0.15) is 72.6 Å². The zero-order chi connectivity index (χ0) is 19.9. The summed E-state index contributed by atoms with van der Waals surface area (Å²) in [5.41, 5.74) is 1.83. The molecule has 1 aromatic carbocycles. The lowest BCUT2D eigenvalue weighted by Crippen LogP contribution is -2.55. The number of carbonyl (C=O) groups is 1. The number of nitrogens with one attached hydrogen (secondary N) is 2. The Morgan fingerprint density at radius 2 is 1.75 bits per heavy atom. The van der Waals surface area contributed by atoms with Gasteiger partial charge in [-0.1, -0.05) is 45.9 Å². The molecule has 0 spiro atoms. The zero-order valence-electron chi connectivity index (χ0n) is 18.1. The van der Waals surface area contributed by atoms with E-state index in [1.54, 1.807) is 0 Å². The number of amides is 2. The number of para-hydroxylation sites is 1. The van der Waals surface area contributed by atoms with Crippen LogP contribution in [0.3, 0.4) is 0 Å². The van der Waals surface area contributed by atoms with Crippen molar-refractivity contribution in [3.63, 3.8) is 0 Å². The van der Waals surface area contributed by atoms with Gasteiger partial charge in [-0.15, -0.1) is 0 Å². The Kier molecular flexibility index (Phi) is 5.22. The molecule has 6 atom stereocenters. The zero-order valence-corrected chi connectivity index (χ0v) is 18.1. The Labute approximate surface area is 171 Å². The fourth-order valence-electron chi connectivity index (χ4n) is 6.92. The molecule has 3 fully saturated rings. The van der Waals surface area contributed by atoms with Gasteiger partial charge in [0.2, 0.25) is 0 Å². The normalized spacial score (nSPS) is 39.4. The fourth-order valence-corrected chi connectivity index (χ4v) is 6.92. The second kappa shape index (κ2) is 7.39. The first-order valence-electron chi connectivity index (χ1n) is 11.4. The van der Waals surface area contributed by atoms with Gasteiger partial charge >= 0.3 is 6.03 Å². The highest BCUT2D eigenvalue weighted by molar-refractivity contribution is 5.89. The Balaban J connectivity index is 1.38. The van der Waals surface area contributed by atoms with Gasteiger partial charge in [0.05, 0.1) is 0 Å². The van der Waals surface area contributed by atoms with Crippen LogP contribution in [0.25, 0.3) is 0 Å². The highest BCUT2D eigenvalue weighted by Crippen LogP contribution is 2.62. The maximum Gasteiger partial charge on any atom is 0.319 e. The Morgan fingerprint density at radius 3 is 2.50 bits per heavy atom. The minimum Gasteiger partial charge on any atom is -0.335 e. The van der Waals surface area contributed by atoms with Crippen molar-refractivity contribution in [1.82, 2.24) is 5.32 Å². The van der Waals surface area contributed by atoms with Gasteiger partial charge < -0.3 is 10.6 Å². The van der Waals surface area contributed by atoms with Crippen LogP contribution in [0.15, 0.2) is 30.3 Å².